The molecule has 2 aromatic rings. The molecule has 1 amide bonds. The molecule has 126 valence electrons. The van der Waals surface area contributed by atoms with Crippen molar-refractivity contribution in [1.82, 2.24) is 5.32 Å². The fraction of sp³-hybridized carbons (Fsp3) is 0.133. The van der Waals surface area contributed by atoms with Gasteiger partial charge in [-0.25, -0.2) is 0 Å². The molecule has 6 nitrogen and oxygen atoms in total. The van der Waals surface area contributed by atoms with E-state index in [4.69, 9.17) is 0 Å². The Balaban J connectivity index is 2.25. The molecule has 2 aromatic carbocycles. The molecule has 0 aliphatic heterocycles. The van der Waals surface area contributed by atoms with Gasteiger partial charge in [-0.1, -0.05) is 78.1 Å². The third kappa shape index (κ3) is 5.02. The van der Waals surface area contributed by atoms with Gasteiger partial charge in [0.2, 0.25) is 0 Å². The molecule has 2 rings (SSSR count). The van der Waals surface area contributed by atoms with Crippen LogP contribution in [0.4, 0.5) is 11.4 Å². The summed E-state index contributed by atoms with van der Waals surface area (Å²) in [6, 6.07) is 14.9. The normalized spacial score (nSPS) is 12.3. The minimum Gasteiger partial charge on any atom is -0.357 e. The van der Waals surface area contributed by atoms with Gasteiger partial charge in [-0.3, -0.25) is 14.9 Å². The fourth-order valence-electron chi connectivity index (χ4n) is 1.91. The highest BCUT2D eigenvalue weighted by molar-refractivity contribution is 9.39. The van der Waals surface area contributed by atoms with Gasteiger partial charge in [-0.15, -0.1) is 0 Å². The van der Waals surface area contributed by atoms with Crippen LogP contribution >= 0.6 is 47.8 Å². The third-order valence-corrected chi connectivity index (χ3v) is 4.41. The molecule has 0 bridgehead atoms. The van der Waals surface area contributed by atoms with Gasteiger partial charge >= 0.3 is 0 Å². The van der Waals surface area contributed by atoms with Gasteiger partial charge in [0, 0.05) is 11.6 Å². The minimum atomic E-state index is -0.916. The molecule has 0 aromatic heterocycles. The van der Waals surface area contributed by atoms with Gasteiger partial charge in [0.15, 0.2) is 2.14 Å². The first kappa shape index (κ1) is 18.9. The Labute approximate surface area is 163 Å². The molecule has 0 spiro atoms. The van der Waals surface area contributed by atoms with E-state index in [-0.39, 0.29) is 17.3 Å². The van der Waals surface area contributed by atoms with Gasteiger partial charge in [-0.2, -0.15) is 0 Å². The molecule has 0 fully saturated rings. The number of benzene rings is 2. The van der Waals surface area contributed by atoms with Crippen LogP contribution in [0.25, 0.3) is 0 Å². The highest BCUT2D eigenvalue weighted by Crippen LogP contribution is 2.38. The maximum atomic E-state index is 12.4. The number of rotatable bonds is 5. The van der Waals surface area contributed by atoms with E-state index in [1.807, 2.05) is 6.07 Å². The Morgan fingerprint density at radius 3 is 2.21 bits per heavy atom. The summed E-state index contributed by atoms with van der Waals surface area (Å²) in [6.07, 6.45) is -0.730. The van der Waals surface area contributed by atoms with Crippen molar-refractivity contribution in [2.24, 2.45) is 0 Å². The lowest BCUT2D eigenvalue weighted by Gasteiger charge is -2.28. The third-order valence-electron chi connectivity index (χ3n) is 3.04. The standard InChI is InChI=1S/C15H12Br3N3O3/c16-15(17,18)14(20-13(22)10-6-2-1-3-7-10)19-11-8-4-5-9-12(11)21(23)24/h1-9,14,19H,(H,20,22)/t14-/m1/s1. The first-order valence-electron chi connectivity index (χ1n) is 6.71. The number of amides is 1. The number of halogens is 3. The Morgan fingerprint density at radius 1 is 1.04 bits per heavy atom. The number of nitro groups is 1. The molecular formula is C15H12Br3N3O3. The summed E-state index contributed by atoms with van der Waals surface area (Å²) in [5, 5.41) is 16.9. The van der Waals surface area contributed by atoms with Crippen LogP contribution < -0.4 is 10.6 Å². The van der Waals surface area contributed by atoms with E-state index in [1.165, 1.54) is 6.07 Å². The quantitative estimate of drug-likeness (QED) is 0.261. The lowest BCUT2D eigenvalue weighted by molar-refractivity contribution is -0.384. The van der Waals surface area contributed by atoms with E-state index in [0.29, 0.717) is 5.56 Å². The summed E-state index contributed by atoms with van der Waals surface area (Å²) in [4.78, 5) is 23.0. The van der Waals surface area contributed by atoms with E-state index in [2.05, 4.69) is 58.4 Å². The maximum Gasteiger partial charge on any atom is 0.292 e. The Hall–Kier alpha value is -1.45. The summed E-state index contributed by atoms with van der Waals surface area (Å²) >= 11 is 10.1. The summed E-state index contributed by atoms with van der Waals surface area (Å²) in [6.45, 7) is 0. The summed E-state index contributed by atoms with van der Waals surface area (Å²) in [5.74, 6) is -0.325. The van der Waals surface area contributed by atoms with Crippen molar-refractivity contribution >= 4 is 65.1 Å². The number of hydrogen-bond donors (Lipinski definition) is 2. The van der Waals surface area contributed by atoms with E-state index in [9.17, 15) is 14.9 Å². The first-order valence-corrected chi connectivity index (χ1v) is 9.09. The maximum absolute atomic E-state index is 12.4. The second kappa shape index (κ2) is 8.09. The molecule has 24 heavy (non-hydrogen) atoms. The number of nitrogens with zero attached hydrogens (tertiary/aromatic N) is 1. The molecular weight excluding hydrogens is 510 g/mol. The fourth-order valence-corrected chi connectivity index (χ4v) is 2.60. The van der Waals surface area contributed by atoms with Gasteiger partial charge in [0.25, 0.3) is 11.6 Å². The van der Waals surface area contributed by atoms with E-state index >= 15 is 0 Å². The van der Waals surface area contributed by atoms with Crippen molar-refractivity contribution in [2.45, 2.75) is 8.31 Å². The van der Waals surface area contributed by atoms with Gasteiger partial charge in [-0.05, 0) is 18.2 Å². The molecule has 0 saturated heterocycles. The average molecular weight is 522 g/mol. The lowest BCUT2D eigenvalue weighted by Crippen LogP contribution is -2.48. The van der Waals surface area contributed by atoms with E-state index < -0.39 is 13.2 Å². The summed E-state index contributed by atoms with van der Waals surface area (Å²) < 4.78 is -0.916. The van der Waals surface area contributed by atoms with Crippen molar-refractivity contribution < 1.29 is 9.72 Å². The number of nitrogens with one attached hydrogen (secondary N) is 2. The molecule has 0 saturated carbocycles. The second-order valence-electron chi connectivity index (χ2n) is 4.73. The molecule has 0 unspecified atom stereocenters. The van der Waals surface area contributed by atoms with E-state index in [0.717, 1.165) is 0 Å². The van der Waals surface area contributed by atoms with Crippen LogP contribution in [0, 0.1) is 10.1 Å². The smallest absolute Gasteiger partial charge is 0.292 e. The molecule has 0 aliphatic carbocycles. The number of nitro benzene ring substituents is 1. The van der Waals surface area contributed by atoms with Crippen molar-refractivity contribution in [3.8, 4) is 0 Å². The van der Waals surface area contributed by atoms with Crippen LogP contribution in [-0.4, -0.2) is 19.1 Å². The number of carbonyl (C=O) groups excluding carboxylic acids is 1. The number of alkyl halides is 3. The van der Waals surface area contributed by atoms with Crippen LogP contribution in [0.5, 0.6) is 0 Å². The Kier molecular flexibility index (Phi) is 6.36. The number of anilines is 1. The Morgan fingerprint density at radius 2 is 1.62 bits per heavy atom. The van der Waals surface area contributed by atoms with Gasteiger partial charge in [0.05, 0.1) is 4.92 Å². The monoisotopic (exact) mass is 519 g/mol. The van der Waals surface area contributed by atoms with Crippen molar-refractivity contribution in [1.29, 1.82) is 0 Å². The second-order valence-corrected chi connectivity index (χ2v) is 11.7. The number of carbonyl (C=O) groups is 1. The predicted octanol–water partition coefficient (Wildman–Crippen LogP) is 4.60. The molecule has 1 atom stereocenters. The zero-order chi connectivity index (χ0) is 17.7. The van der Waals surface area contributed by atoms with Crippen molar-refractivity contribution in [3.05, 3.63) is 70.3 Å². The number of hydrogen-bond acceptors (Lipinski definition) is 4. The van der Waals surface area contributed by atoms with Crippen LogP contribution in [-0.2, 0) is 0 Å². The van der Waals surface area contributed by atoms with Crippen LogP contribution in [0.1, 0.15) is 10.4 Å². The van der Waals surface area contributed by atoms with Crippen LogP contribution in [0.2, 0.25) is 0 Å². The predicted molar refractivity (Wildman–Crippen MR) is 104 cm³/mol. The summed E-state index contributed by atoms with van der Waals surface area (Å²) in [5.41, 5.74) is 0.667. The molecule has 9 heteroatoms. The molecule has 2 N–H and O–H groups in total. The average Bonchev–Trinajstić information content (AvgIpc) is 2.54. The highest BCUT2D eigenvalue weighted by Gasteiger charge is 2.33. The van der Waals surface area contributed by atoms with Crippen molar-refractivity contribution in [2.75, 3.05) is 5.32 Å². The number of para-hydroxylation sites is 2. The highest BCUT2D eigenvalue weighted by atomic mass is 80.0. The zero-order valence-corrected chi connectivity index (χ0v) is 16.8. The van der Waals surface area contributed by atoms with Crippen LogP contribution in [0.15, 0.2) is 54.6 Å². The first-order chi connectivity index (χ1) is 11.3. The zero-order valence-electron chi connectivity index (χ0n) is 12.1. The van der Waals surface area contributed by atoms with Gasteiger partial charge < -0.3 is 10.6 Å². The molecule has 0 radical (unpaired) electrons. The summed E-state index contributed by atoms with van der Waals surface area (Å²) in [7, 11) is 0. The van der Waals surface area contributed by atoms with Crippen LogP contribution in [0.3, 0.4) is 0 Å². The SMILES string of the molecule is O=C(N[C@@H](Nc1ccccc1[N+](=O)[O-])C(Br)(Br)Br)c1ccccc1. The minimum absolute atomic E-state index is 0.0896. The van der Waals surface area contributed by atoms with Crippen molar-refractivity contribution in [3.63, 3.8) is 0 Å². The van der Waals surface area contributed by atoms with Gasteiger partial charge in [0.1, 0.15) is 11.9 Å². The molecule has 0 aliphatic rings. The van der Waals surface area contributed by atoms with E-state index in [1.54, 1.807) is 42.5 Å². The lowest BCUT2D eigenvalue weighted by atomic mass is 10.2. The topological polar surface area (TPSA) is 84.3 Å². The molecule has 0 heterocycles. The Bertz CT molecular complexity index is 735. The largest absolute Gasteiger partial charge is 0.357 e.